The summed E-state index contributed by atoms with van der Waals surface area (Å²) in [5.41, 5.74) is 6.32. The Morgan fingerprint density at radius 1 is 1.44 bits per heavy atom. The van der Waals surface area contributed by atoms with E-state index in [0.29, 0.717) is 17.1 Å². The minimum atomic E-state index is -0.378. The van der Waals surface area contributed by atoms with Crippen molar-refractivity contribution < 1.29 is 9.13 Å². The van der Waals surface area contributed by atoms with Gasteiger partial charge >= 0.3 is 0 Å². The zero-order valence-electron chi connectivity index (χ0n) is 10.2. The Morgan fingerprint density at radius 2 is 2.22 bits per heavy atom. The predicted octanol–water partition coefficient (Wildman–Crippen LogP) is 3.65. The summed E-state index contributed by atoms with van der Waals surface area (Å²) < 4.78 is 18.9. The summed E-state index contributed by atoms with van der Waals surface area (Å²) in [5.74, 6) is 0.0917. The fourth-order valence-electron chi connectivity index (χ4n) is 1.70. The summed E-state index contributed by atoms with van der Waals surface area (Å²) in [6, 6.07) is 6.86. The van der Waals surface area contributed by atoms with E-state index in [0.717, 1.165) is 4.88 Å². The second-order valence-corrected chi connectivity index (χ2v) is 4.93. The van der Waals surface area contributed by atoms with Crippen LogP contribution in [0.3, 0.4) is 0 Å². The predicted molar refractivity (Wildman–Crippen MR) is 73.7 cm³/mol. The highest BCUT2D eigenvalue weighted by atomic mass is 32.1. The highest BCUT2D eigenvalue weighted by Gasteiger charge is 2.12. The van der Waals surface area contributed by atoms with Crippen LogP contribution in [0.15, 0.2) is 29.6 Å². The number of nitrogens with two attached hydrogens (primary N) is 1. The molecule has 96 valence electrons. The molecule has 1 aromatic carbocycles. The van der Waals surface area contributed by atoms with Crippen LogP contribution in [-0.4, -0.2) is 7.11 Å². The van der Waals surface area contributed by atoms with E-state index < -0.39 is 0 Å². The van der Waals surface area contributed by atoms with E-state index in [1.165, 1.54) is 13.2 Å². The summed E-state index contributed by atoms with van der Waals surface area (Å²) in [4.78, 5) is 1.14. The van der Waals surface area contributed by atoms with Gasteiger partial charge in [0.1, 0.15) is 11.6 Å². The van der Waals surface area contributed by atoms with Gasteiger partial charge in [0.05, 0.1) is 24.5 Å². The molecule has 2 rings (SSSR count). The molecule has 0 radical (unpaired) electrons. The summed E-state index contributed by atoms with van der Waals surface area (Å²) in [6.07, 6.45) is 0. The Balaban J connectivity index is 2.23. The summed E-state index contributed by atoms with van der Waals surface area (Å²) in [7, 11) is 1.51. The van der Waals surface area contributed by atoms with Crippen LogP contribution in [-0.2, 0) is 0 Å². The number of benzene rings is 1. The lowest BCUT2D eigenvalue weighted by Crippen LogP contribution is -2.07. The van der Waals surface area contributed by atoms with Gasteiger partial charge in [-0.2, -0.15) is 0 Å². The van der Waals surface area contributed by atoms with Gasteiger partial charge in [-0.05, 0) is 18.4 Å². The summed E-state index contributed by atoms with van der Waals surface area (Å²) in [5, 5.41) is 5.11. The molecule has 0 saturated heterocycles. The van der Waals surface area contributed by atoms with Crippen molar-refractivity contribution in [2.75, 3.05) is 18.2 Å². The van der Waals surface area contributed by atoms with Gasteiger partial charge in [-0.1, -0.05) is 6.07 Å². The normalized spacial score (nSPS) is 12.2. The Kier molecular flexibility index (Phi) is 3.72. The van der Waals surface area contributed by atoms with Gasteiger partial charge in [0.2, 0.25) is 0 Å². The Labute approximate surface area is 109 Å². The first-order chi connectivity index (χ1) is 8.61. The summed E-state index contributed by atoms with van der Waals surface area (Å²) in [6.45, 7) is 1.98. The van der Waals surface area contributed by atoms with Crippen LogP contribution >= 0.6 is 11.3 Å². The first-order valence-electron chi connectivity index (χ1n) is 5.54. The first kappa shape index (κ1) is 12.7. The molecule has 2 aromatic rings. The second-order valence-electron chi connectivity index (χ2n) is 3.96. The molecule has 1 unspecified atom stereocenters. The maximum Gasteiger partial charge on any atom is 0.148 e. The number of rotatable bonds is 4. The van der Waals surface area contributed by atoms with Crippen LogP contribution < -0.4 is 15.8 Å². The lowest BCUT2D eigenvalue weighted by Gasteiger charge is -2.16. The molecule has 0 bridgehead atoms. The summed E-state index contributed by atoms with van der Waals surface area (Å²) >= 11 is 1.63. The highest BCUT2D eigenvalue weighted by Crippen LogP contribution is 2.31. The number of hydrogen-bond acceptors (Lipinski definition) is 4. The number of halogens is 1. The van der Waals surface area contributed by atoms with E-state index in [-0.39, 0.29) is 11.9 Å². The van der Waals surface area contributed by atoms with Gasteiger partial charge in [0, 0.05) is 17.0 Å². The molecule has 0 aliphatic carbocycles. The molecule has 0 aliphatic rings. The van der Waals surface area contributed by atoms with E-state index in [9.17, 15) is 4.39 Å². The Hall–Kier alpha value is -1.75. The van der Waals surface area contributed by atoms with Crippen LogP contribution in [0.25, 0.3) is 0 Å². The quantitative estimate of drug-likeness (QED) is 0.830. The van der Waals surface area contributed by atoms with Crippen molar-refractivity contribution in [1.29, 1.82) is 0 Å². The first-order valence-corrected chi connectivity index (χ1v) is 6.42. The minimum absolute atomic E-state index is 0.0350. The van der Waals surface area contributed by atoms with Crippen LogP contribution in [0.1, 0.15) is 17.8 Å². The molecular formula is C13H15FN2OS. The van der Waals surface area contributed by atoms with Crippen molar-refractivity contribution in [2.24, 2.45) is 0 Å². The monoisotopic (exact) mass is 266 g/mol. The molecule has 1 atom stereocenters. The van der Waals surface area contributed by atoms with Crippen molar-refractivity contribution in [1.82, 2.24) is 0 Å². The Bertz CT molecular complexity index is 528. The van der Waals surface area contributed by atoms with Gasteiger partial charge < -0.3 is 15.8 Å². The van der Waals surface area contributed by atoms with E-state index in [1.807, 2.05) is 24.4 Å². The van der Waals surface area contributed by atoms with Crippen molar-refractivity contribution in [3.05, 3.63) is 40.3 Å². The standard InChI is InChI=1S/C13H15FN2OS/c1-8(13-4-3-5-18-13)16-11-7-12(17-2)10(15)6-9(11)14/h3-8,16H,15H2,1-2H3. The van der Waals surface area contributed by atoms with Crippen LogP contribution in [0.2, 0.25) is 0 Å². The lowest BCUT2D eigenvalue weighted by atomic mass is 10.2. The average Bonchev–Trinajstić information content (AvgIpc) is 2.86. The molecule has 3 nitrogen and oxygen atoms in total. The van der Waals surface area contributed by atoms with E-state index in [4.69, 9.17) is 10.5 Å². The maximum atomic E-state index is 13.8. The molecule has 18 heavy (non-hydrogen) atoms. The van der Waals surface area contributed by atoms with Crippen LogP contribution in [0.4, 0.5) is 15.8 Å². The van der Waals surface area contributed by atoms with Crippen molar-refractivity contribution >= 4 is 22.7 Å². The third-order valence-corrected chi connectivity index (χ3v) is 3.72. The minimum Gasteiger partial charge on any atom is -0.495 e. The van der Waals surface area contributed by atoms with Gasteiger partial charge in [0.15, 0.2) is 0 Å². The molecule has 0 saturated carbocycles. The number of hydrogen-bond donors (Lipinski definition) is 2. The number of anilines is 2. The van der Waals surface area contributed by atoms with Gasteiger partial charge in [-0.25, -0.2) is 4.39 Å². The topological polar surface area (TPSA) is 47.3 Å². The van der Waals surface area contributed by atoms with Gasteiger partial charge in [-0.15, -0.1) is 11.3 Å². The third-order valence-electron chi connectivity index (χ3n) is 2.66. The van der Waals surface area contributed by atoms with Crippen molar-refractivity contribution in [3.8, 4) is 5.75 Å². The highest BCUT2D eigenvalue weighted by molar-refractivity contribution is 7.10. The van der Waals surface area contributed by atoms with Gasteiger partial charge in [0.25, 0.3) is 0 Å². The van der Waals surface area contributed by atoms with Crippen molar-refractivity contribution in [3.63, 3.8) is 0 Å². The third kappa shape index (κ3) is 2.56. The molecule has 0 aliphatic heterocycles. The molecular weight excluding hydrogens is 251 g/mol. The van der Waals surface area contributed by atoms with Crippen LogP contribution in [0.5, 0.6) is 5.75 Å². The maximum absolute atomic E-state index is 13.8. The molecule has 1 aromatic heterocycles. The number of nitrogen functional groups attached to an aromatic ring is 1. The molecule has 0 spiro atoms. The van der Waals surface area contributed by atoms with E-state index >= 15 is 0 Å². The molecule has 3 N–H and O–H groups in total. The average molecular weight is 266 g/mol. The number of methoxy groups -OCH3 is 1. The SMILES string of the molecule is COc1cc(NC(C)c2cccs2)c(F)cc1N. The lowest BCUT2D eigenvalue weighted by molar-refractivity contribution is 0.416. The largest absolute Gasteiger partial charge is 0.495 e. The fraction of sp³-hybridized carbons (Fsp3) is 0.231. The van der Waals surface area contributed by atoms with E-state index in [2.05, 4.69) is 5.32 Å². The zero-order chi connectivity index (χ0) is 13.1. The number of thiophene rings is 1. The van der Waals surface area contributed by atoms with Crippen molar-refractivity contribution in [2.45, 2.75) is 13.0 Å². The van der Waals surface area contributed by atoms with Crippen LogP contribution in [0, 0.1) is 5.82 Å². The number of nitrogens with one attached hydrogen (secondary N) is 1. The molecule has 5 heteroatoms. The second kappa shape index (κ2) is 5.27. The number of ether oxygens (including phenoxy) is 1. The Morgan fingerprint density at radius 3 is 2.83 bits per heavy atom. The van der Waals surface area contributed by atoms with E-state index in [1.54, 1.807) is 17.4 Å². The fourth-order valence-corrected chi connectivity index (χ4v) is 2.43. The molecule has 0 amide bonds. The van der Waals surface area contributed by atoms with Gasteiger partial charge in [-0.3, -0.25) is 0 Å². The molecule has 1 heterocycles. The zero-order valence-corrected chi connectivity index (χ0v) is 11.1. The smallest absolute Gasteiger partial charge is 0.148 e. The molecule has 0 fully saturated rings.